The minimum Gasteiger partial charge on any atom is -0.497 e. The number of piperidine rings is 1. The van der Waals surface area contributed by atoms with Gasteiger partial charge in [0.25, 0.3) is 0 Å². The summed E-state index contributed by atoms with van der Waals surface area (Å²) < 4.78 is 44.8. The molecule has 1 unspecified atom stereocenters. The number of carboxylic acids is 1. The molecule has 0 amide bonds. The normalized spacial score (nSPS) is 21.9. The molecule has 1 saturated heterocycles. The van der Waals surface area contributed by atoms with Crippen LogP contribution in [0.1, 0.15) is 74.3 Å². The van der Waals surface area contributed by atoms with Gasteiger partial charge in [-0.2, -0.15) is 0 Å². The number of hydrogen-bond acceptors (Lipinski definition) is 6. The van der Waals surface area contributed by atoms with Crippen molar-refractivity contribution in [3.63, 3.8) is 0 Å². The highest BCUT2D eigenvalue weighted by Crippen LogP contribution is 2.45. The molecule has 3 aliphatic rings. The molecule has 3 heterocycles. The first-order chi connectivity index (χ1) is 18.3. The molecule has 7 nitrogen and oxygen atoms in total. The average Bonchev–Trinajstić information content (AvgIpc) is 2.92. The minimum atomic E-state index is -2.54. The fraction of sp³-hybridized carbons (Fsp3) is 0.586. The molecule has 0 spiro atoms. The summed E-state index contributed by atoms with van der Waals surface area (Å²) in [5, 5.41) is 9.25. The number of alkyl halides is 2. The Labute approximate surface area is 222 Å². The summed E-state index contributed by atoms with van der Waals surface area (Å²) in [5.74, 6) is -1.06. The maximum atomic E-state index is 13.8. The highest BCUT2D eigenvalue weighted by Gasteiger charge is 2.36. The Kier molecular flexibility index (Phi) is 7.91. The van der Waals surface area contributed by atoms with Crippen molar-refractivity contribution in [1.29, 1.82) is 0 Å². The van der Waals surface area contributed by atoms with Gasteiger partial charge in [-0.15, -0.1) is 0 Å². The minimum absolute atomic E-state index is 0.0531. The average molecular weight is 531 g/mol. The van der Waals surface area contributed by atoms with Crippen LogP contribution in [0.25, 0.3) is 0 Å². The molecule has 5 rings (SSSR count). The molecular weight excluding hydrogens is 494 g/mol. The third kappa shape index (κ3) is 6.13. The third-order valence-corrected chi connectivity index (χ3v) is 8.27. The Balaban J connectivity index is 1.20. The fourth-order valence-corrected chi connectivity index (χ4v) is 6.01. The first-order valence-electron chi connectivity index (χ1n) is 13.6. The molecule has 1 aromatic heterocycles. The standard InChI is InChI=1S/C29H36F2N2O5/c1-36-22-2-3-23(20-4-9-29(30,31)10-5-20)25(15-22)33-11-6-19(7-12-33)18-38-27-16-24-21(14-28(34)35)8-13-37-26(24)17-32-27/h2-3,15-17,19-21H,4-14,18H2,1H3,(H,34,35). The van der Waals surface area contributed by atoms with Crippen molar-refractivity contribution in [3.8, 4) is 17.4 Å². The predicted molar refractivity (Wildman–Crippen MR) is 139 cm³/mol. The van der Waals surface area contributed by atoms with Crippen LogP contribution in [-0.2, 0) is 4.79 Å². The Morgan fingerprint density at radius 1 is 1.13 bits per heavy atom. The van der Waals surface area contributed by atoms with E-state index in [-0.39, 0.29) is 31.1 Å². The molecule has 38 heavy (non-hydrogen) atoms. The maximum Gasteiger partial charge on any atom is 0.303 e. The second-order valence-electron chi connectivity index (χ2n) is 10.8. The number of methoxy groups -OCH3 is 1. The van der Waals surface area contributed by atoms with Gasteiger partial charge in [0, 0.05) is 55.2 Å². The lowest BCUT2D eigenvalue weighted by atomic mass is 9.81. The summed E-state index contributed by atoms with van der Waals surface area (Å²) in [6.07, 6.45) is 5.14. The van der Waals surface area contributed by atoms with E-state index in [1.807, 2.05) is 18.2 Å². The lowest BCUT2D eigenvalue weighted by molar-refractivity contribution is -0.137. The molecule has 0 radical (unpaired) electrons. The summed E-state index contributed by atoms with van der Waals surface area (Å²) >= 11 is 0. The van der Waals surface area contributed by atoms with Crippen LogP contribution in [0.15, 0.2) is 30.5 Å². The Morgan fingerprint density at radius 3 is 2.61 bits per heavy atom. The van der Waals surface area contributed by atoms with E-state index in [2.05, 4.69) is 16.0 Å². The van der Waals surface area contributed by atoms with E-state index in [0.717, 1.165) is 48.5 Å². The van der Waals surface area contributed by atoms with Crippen LogP contribution in [-0.4, -0.2) is 55.4 Å². The molecule has 2 fully saturated rings. The number of aliphatic carboxylic acids is 1. The van der Waals surface area contributed by atoms with Gasteiger partial charge in [0.15, 0.2) is 0 Å². The molecular formula is C29H36F2N2O5. The molecule has 1 aromatic carbocycles. The fourth-order valence-electron chi connectivity index (χ4n) is 6.01. The predicted octanol–water partition coefficient (Wildman–Crippen LogP) is 6.02. The van der Waals surface area contributed by atoms with Crippen LogP contribution in [0.2, 0.25) is 0 Å². The molecule has 1 N–H and O–H groups in total. The zero-order chi connectivity index (χ0) is 26.7. The third-order valence-electron chi connectivity index (χ3n) is 8.27. The van der Waals surface area contributed by atoms with Crippen molar-refractivity contribution < 1.29 is 32.9 Å². The van der Waals surface area contributed by atoms with Crippen molar-refractivity contribution in [3.05, 3.63) is 41.6 Å². The van der Waals surface area contributed by atoms with Crippen molar-refractivity contribution in [2.45, 2.75) is 69.1 Å². The highest BCUT2D eigenvalue weighted by molar-refractivity contribution is 5.68. The second kappa shape index (κ2) is 11.3. The van der Waals surface area contributed by atoms with E-state index in [0.29, 0.717) is 50.0 Å². The molecule has 1 saturated carbocycles. The summed E-state index contributed by atoms with van der Waals surface area (Å²) in [6.45, 7) is 2.73. The number of hydrogen-bond donors (Lipinski definition) is 1. The van der Waals surface area contributed by atoms with Gasteiger partial charge < -0.3 is 24.2 Å². The van der Waals surface area contributed by atoms with Gasteiger partial charge in [-0.1, -0.05) is 6.07 Å². The maximum absolute atomic E-state index is 13.8. The molecule has 1 aliphatic carbocycles. The van der Waals surface area contributed by atoms with Gasteiger partial charge in [0.1, 0.15) is 11.5 Å². The largest absolute Gasteiger partial charge is 0.497 e. The lowest BCUT2D eigenvalue weighted by Gasteiger charge is -2.37. The van der Waals surface area contributed by atoms with Crippen LogP contribution >= 0.6 is 0 Å². The molecule has 2 aliphatic heterocycles. The summed E-state index contributed by atoms with van der Waals surface area (Å²) in [4.78, 5) is 18.0. The Hall–Kier alpha value is -3.10. The van der Waals surface area contributed by atoms with E-state index in [9.17, 15) is 18.7 Å². The smallest absolute Gasteiger partial charge is 0.303 e. The van der Waals surface area contributed by atoms with Gasteiger partial charge in [-0.25, -0.2) is 13.8 Å². The zero-order valence-corrected chi connectivity index (χ0v) is 21.8. The number of carbonyl (C=O) groups is 1. The van der Waals surface area contributed by atoms with Crippen LogP contribution < -0.4 is 19.1 Å². The first-order valence-corrected chi connectivity index (χ1v) is 13.6. The van der Waals surface area contributed by atoms with Crippen LogP contribution in [0.4, 0.5) is 14.5 Å². The van der Waals surface area contributed by atoms with Gasteiger partial charge in [0.2, 0.25) is 11.8 Å². The Bertz CT molecular complexity index is 1130. The number of ether oxygens (including phenoxy) is 3. The van der Waals surface area contributed by atoms with Crippen molar-refractivity contribution in [2.75, 3.05) is 38.3 Å². The van der Waals surface area contributed by atoms with Gasteiger partial charge in [0.05, 0.1) is 32.9 Å². The number of rotatable bonds is 8. The number of halogens is 2. The SMILES string of the molecule is COc1ccc(C2CCC(F)(F)CC2)c(N2CCC(COc3cc4c(cn3)OCCC4CC(=O)O)CC2)c1. The summed E-state index contributed by atoms with van der Waals surface area (Å²) in [5.41, 5.74) is 3.09. The van der Waals surface area contributed by atoms with Gasteiger partial charge in [-0.05, 0) is 55.6 Å². The molecule has 206 valence electrons. The van der Waals surface area contributed by atoms with E-state index < -0.39 is 11.9 Å². The van der Waals surface area contributed by atoms with E-state index in [4.69, 9.17) is 14.2 Å². The number of nitrogens with zero attached hydrogens (tertiary/aromatic N) is 2. The van der Waals surface area contributed by atoms with Crippen LogP contribution in [0.5, 0.6) is 17.4 Å². The summed E-state index contributed by atoms with van der Waals surface area (Å²) in [7, 11) is 1.65. The highest BCUT2D eigenvalue weighted by atomic mass is 19.3. The van der Waals surface area contributed by atoms with E-state index >= 15 is 0 Å². The molecule has 0 bridgehead atoms. The number of pyridine rings is 1. The van der Waals surface area contributed by atoms with Crippen LogP contribution in [0, 0.1) is 5.92 Å². The van der Waals surface area contributed by atoms with Gasteiger partial charge >= 0.3 is 5.97 Å². The zero-order valence-electron chi connectivity index (χ0n) is 21.8. The lowest BCUT2D eigenvalue weighted by Crippen LogP contribution is -2.36. The molecule has 2 aromatic rings. The van der Waals surface area contributed by atoms with E-state index in [1.165, 1.54) is 0 Å². The van der Waals surface area contributed by atoms with Gasteiger partial charge in [-0.3, -0.25) is 4.79 Å². The number of carboxylic acid groups (broad SMARTS) is 1. The number of anilines is 1. The quantitative estimate of drug-likeness (QED) is 0.447. The second-order valence-corrected chi connectivity index (χ2v) is 10.8. The number of fused-ring (bicyclic) bond motifs is 1. The number of benzene rings is 1. The van der Waals surface area contributed by atoms with Crippen molar-refractivity contribution in [2.24, 2.45) is 5.92 Å². The monoisotopic (exact) mass is 530 g/mol. The first kappa shape index (κ1) is 26.5. The number of aromatic nitrogens is 1. The van der Waals surface area contributed by atoms with Crippen molar-refractivity contribution in [1.82, 2.24) is 4.98 Å². The Morgan fingerprint density at radius 2 is 1.89 bits per heavy atom. The summed E-state index contributed by atoms with van der Waals surface area (Å²) in [6, 6.07) is 7.86. The topological polar surface area (TPSA) is 81.1 Å². The molecule has 1 atom stereocenters. The molecule has 9 heteroatoms. The van der Waals surface area contributed by atoms with E-state index in [1.54, 1.807) is 13.3 Å². The van der Waals surface area contributed by atoms with Crippen LogP contribution in [0.3, 0.4) is 0 Å². The van der Waals surface area contributed by atoms with Crippen molar-refractivity contribution >= 4 is 11.7 Å².